The molecule has 1 N–H and O–H groups in total. The van der Waals surface area contributed by atoms with Crippen LogP contribution in [0, 0.1) is 6.92 Å². The van der Waals surface area contributed by atoms with E-state index in [1.165, 1.54) is 23.3 Å². The van der Waals surface area contributed by atoms with Crippen molar-refractivity contribution in [3.63, 3.8) is 0 Å². The smallest absolute Gasteiger partial charge is 0.0798 e. The summed E-state index contributed by atoms with van der Waals surface area (Å²) >= 11 is 1.74. The lowest BCUT2D eigenvalue weighted by molar-refractivity contribution is 0.354. The molecule has 94 valence electrons. The van der Waals surface area contributed by atoms with Crippen LogP contribution in [-0.2, 0) is 6.54 Å². The maximum Gasteiger partial charge on any atom is 0.0798 e. The molecule has 0 radical (unpaired) electrons. The summed E-state index contributed by atoms with van der Waals surface area (Å²) in [6.45, 7) is 9.08. The van der Waals surface area contributed by atoms with Crippen LogP contribution in [0.4, 0.5) is 0 Å². The number of thiazole rings is 1. The molecule has 1 aromatic rings. The van der Waals surface area contributed by atoms with Crippen LogP contribution in [0.2, 0.25) is 0 Å². The van der Waals surface area contributed by atoms with Gasteiger partial charge in [0.25, 0.3) is 0 Å². The minimum atomic E-state index is 0.765. The Hall–Kier alpha value is -0.710. The summed E-state index contributed by atoms with van der Waals surface area (Å²) in [7, 11) is 2.14. The topological polar surface area (TPSA) is 28.2 Å². The van der Waals surface area contributed by atoms with Gasteiger partial charge < -0.3 is 5.32 Å². The van der Waals surface area contributed by atoms with Crippen LogP contribution >= 0.6 is 11.3 Å². The number of hydrogen-bond acceptors (Lipinski definition) is 4. The lowest BCUT2D eigenvalue weighted by Crippen LogP contribution is -2.26. The molecule has 0 bridgehead atoms. The first-order valence-corrected chi connectivity index (χ1v) is 7.00. The van der Waals surface area contributed by atoms with Gasteiger partial charge in [0.1, 0.15) is 0 Å². The molecule has 1 aliphatic carbocycles. The molecule has 0 aliphatic heterocycles. The van der Waals surface area contributed by atoms with Crippen molar-refractivity contribution in [2.45, 2.75) is 32.4 Å². The third kappa shape index (κ3) is 4.22. The van der Waals surface area contributed by atoms with E-state index in [0.717, 1.165) is 31.4 Å². The minimum absolute atomic E-state index is 0.765. The lowest BCUT2D eigenvalue weighted by atomic mass is 10.2. The van der Waals surface area contributed by atoms with E-state index in [1.807, 2.05) is 5.51 Å². The standard InChI is InChI=1S/C13H21N3S/c1-10(6-14-12-4-5-12)7-16(3)8-13-11(2)15-9-17-13/h9,12,14H,1,4-8H2,2-3H3. The molecular formula is C13H21N3S. The highest BCUT2D eigenvalue weighted by molar-refractivity contribution is 7.09. The Labute approximate surface area is 108 Å². The summed E-state index contributed by atoms with van der Waals surface area (Å²) in [6.07, 6.45) is 2.67. The highest BCUT2D eigenvalue weighted by Gasteiger charge is 2.20. The van der Waals surface area contributed by atoms with E-state index in [9.17, 15) is 0 Å². The van der Waals surface area contributed by atoms with Crippen molar-refractivity contribution < 1.29 is 0 Å². The Morgan fingerprint density at radius 2 is 2.41 bits per heavy atom. The van der Waals surface area contributed by atoms with Crippen molar-refractivity contribution in [2.75, 3.05) is 20.1 Å². The second-order valence-electron chi connectivity index (χ2n) is 4.94. The predicted molar refractivity (Wildman–Crippen MR) is 73.3 cm³/mol. The van der Waals surface area contributed by atoms with E-state index in [0.29, 0.717) is 0 Å². The molecule has 2 rings (SSSR count). The molecule has 1 aromatic heterocycles. The molecule has 1 heterocycles. The Bertz CT molecular complexity index is 382. The van der Waals surface area contributed by atoms with Crippen LogP contribution in [0.5, 0.6) is 0 Å². The number of aryl methyl sites for hydroxylation is 1. The van der Waals surface area contributed by atoms with Gasteiger partial charge in [-0.25, -0.2) is 4.98 Å². The van der Waals surface area contributed by atoms with E-state index >= 15 is 0 Å². The Morgan fingerprint density at radius 1 is 1.65 bits per heavy atom. The SMILES string of the molecule is C=C(CNC1CC1)CN(C)Cc1scnc1C. The molecule has 0 spiro atoms. The van der Waals surface area contributed by atoms with Gasteiger partial charge in [-0.15, -0.1) is 11.3 Å². The first kappa shape index (κ1) is 12.7. The molecular weight excluding hydrogens is 230 g/mol. The van der Waals surface area contributed by atoms with Crippen LogP contribution < -0.4 is 5.32 Å². The van der Waals surface area contributed by atoms with Crippen LogP contribution in [0.3, 0.4) is 0 Å². The molecule has 1 saturated carbocycles. The van der Waals surface area contributed by atoms with Crippen molar-refractivity contribution in [3.05, 3.63) is 28.2 Å². The van der Waals surface area contributed by atoms with Crippen molar-refractivity contribution in [3.8, 4) is 0 Å². The van der Waals surface area contributed by atoms with E-state index in [1.54, 1.807) is 11.3 Å². The molecule has 3 nitrogen and oxygen atoms in total. The van der Waals surface area contributed by atoms with Crippen molar-refractivity contribution in [1.82, 2.24) is 15.2 Å². The zero-order chi connectivity index (χ0) is 12.3. The second kappa shape index (κ2) is 5.76. The molecule has 17 heavy (non-hydrogen) atoms. The molecule has 0 saturated heterocycles. The summed E-state index contributed by atoms with van der Waals surface area (Å²) in [4.78, 5) is 7.93. The van der Waals surface area contributed by atoms with Gasteiger partial charge in [-0.3, -0.25) is 4.90 Å². The largest absolute Gasteiger partial charge is 0.310 e. The monoisotopic (exact) mass is 251 g/mol. The zero-order valence-corrected chi connectivity index (χ0v) is 11.5. The first-order valence-electron chi connectivity index (χ1n) is 6.12. The van der Waals surface area contributed by atoms with Crippen molar-refractivity contribution in [2.24, 2.45) is 0 Å². The fourth-order valence-corrected chi connectivity index (χ4v) is 2.65. The number of nitrogens with zero attached hydrogens (tertiary/aromatic N) is 2. The summed E-state index contributed by atoms with van der Waals surface area (Å²) in [5.41, 5.74) is 4.34. The van der Waals surface area contributed by atoms with Crippen LogP contribution in [0.15, 0.2) is 17.7 Å². The predicted octanol–water partition coefficient (Wildman–Crippen LogP) is 2.19. The number of likely N-dealkylation sites (N-methyl/N-ethyl adjacent to an activating group) is 1. The van der Waals surface area contributed by atoms with Gasteiger partial charge in [-0.05, 0) is 32.4 Å². The van der Waals surface area contributed by atoms with Gasteiger partial charge in [0.05, 0.1) is 11.2 Å². The number of hydrogen-bond donors (Lipinski definition) is 1. The average molecular weight is 251 g/mol. The summed E-state index contributed by atoms with van der Waals surface area (Å²) < 4.78 is 0. The van der Waals surface area contributed by atoms with Gasteiger partial charge in [-0.1, -0.05) is 6.58 Å². The van der Waals surface area contributed by atoms with E-state index in [-0.39, 0.29) is 0 Å². The molecule has 0 unspecified atom stereocenters. The summed E-state index contributed by atoms with van der Waals surface area (Å²) in [5, 5.41) is 3.50. The molecule has 0 amide bonds. The van der Waals surface area contributed by atoms with Crippen molar-refractivity contribution >= 4 is 11.3 Å². The number of rotatable bonds is 7. The number of nitrogens with one attached hydrogen (secondary N) is 1. The Balaban J connectivity index is 1.70. The Kier molecular flexibility index (Phi) is 4.31. The van der Waals surface area contributed by atoms with Gasteiger partial charge >= 0.3 is 0 Å². The fourth-order valence-electron chi connectivity index (χ4n) is 1.79. The molecule has 0 aromatic carbocycles. The normalized spacial score (nSPS) is 15.5. The van der Waals surface area contributed by atoms with E-state index < -0.39 is 0 Å². The van der Waals surface area contributed by atoms with Gasteiger partial charge in [0.15, 0.2) is 0 Å². The van der Waals surface area contributed by atoms with Crippen LogP contribution in [0.1, 0.15) is 23.4 Å². The molecule has 0 atom stereocenters. The third-order valence-corrected chi connectivity index (χ3v) is 3.89. The molecule has 1 aliphatic rings. The number of aromatic nitrogens is 1. The third-order valence-electron chi connectivity index (χ3n) is 2.97. The maximum absolute atomic E-state index is 4.27. The van der Waals surface area contributed by atoms with Crippen LogP contribution in [-0.4, -0.2) is 36.1 Å². The second-order valence-corrected chi connectivity index (χ2v) is 5.88. The van der Waals surface area contributed by atoms with Gasteiger partial charge in [0, 0.05) is 30.6 Å². The average Bonchev–Trinajstić information content (AvgIpc) is 3.02. The summed E-state index contributed by atoms with van der Waals surface area (Å²) in [6, 6.07) is 0.765. The zero-order valence-electron chi connectivity index (χ0n) is 10.7. The highest BCUT2D eigenvalue weighted by Crippen LogP contribution is 2.19. The van der Waals surface area contributed by atoms with E-state index in [2.05, 4.69) is 35.8 Å². The van der Waals surface area contributed by atoms with Gasteiger partial charge in [-0.2, -0.15) is 0 Å². The van der Waals surface area contributed by atoms with Gasteiger partial charge in [0.2, 0.25) is 0 Å². The Morgan fingerprint density at radius 3 is 3.00 bits per heavy atom. The van der Waals surface area contributed by atoms with Crippen molar-refractivity contribution in [1.29, 1.82) is 0 Å². The fraction of sp³-hybridized carbons (Fsp3) is 0.615. The summed E-state index contributed by atoms with van der Waals surface area (Å²) in [5.74, 6) is 0. The quantitative estimate of drug-likeness (QED) is 0.753. The highest BCUT2D eigenvalue weighted by atomic mass is 32.1. The first-order chi connectivity index (χ1) is 8.15. The minimum Gasteiger partial charge on any atom is -0.310 e. The molecule has 1 fully saturated rings. The van der Waals surface area contributed by atoms with Crippen LogP contribution in [0.25, 0.3) is 0 Å². The molecule has 4 heteroatoms. The van der Waals surface area contributed by atoms with E-state index in [4.69, 9.17) is 0 Å². The maximum atomic E-state index is 4.27. The lowest BCUT2D eigenvalue weighted by Gasteiger charge is -2.17.